The molecule has 1 N–H and O–H groups in total. The Bertz CT molecular complexity index is 1230. The zero-order valence-corrected chi connectivity index (χ0v) is 15.6. The number of carbonyl (C=O) groups excluding carboxylic acids is 1. The molecule has 0 heterocycles. The van der Waals surface area contributed by atoms with Crippen LogP contribution in [0.25, 0.3) is 21.5 Å². The van der Waals surface area contributed by atoms with Gasteiger partial charge in [0, 0.05) is 0 Å². The zero-order valence-electron chi connectivity index (χ0n) is 15.6. The highest BCUT2D eigenvalue weighted by atomic mass is 16.5. The summed E-state index contributed by atoms with van der Waals surface area (Å²) in [7, 11) is 0. The number of hydrogen-bond donors (Lipinski definition) is 1. The predicted octanol–water partition coefficient (Wildman–Crippen LogP) is 5.50. The third kappa shape index (κ3) is 2.67. The van der Waals surface area contributed by atoms with E-state index in [9.17, 15) is 9.90 Å². The Balaban J connectivity index is 1.59. The molecule has 0 aromatic heterocycles. The second-order valence-electron chi connectivity index (χ2n) is 7.44. The fourth-order valence-corrected chi connectivity index (χ4v) is 4.35. The minimum atomic E-state index is -0.358. The Morgan fingerprint density at radius 3 is 2.61 bits per heavy atom. The van der Waals surface area contributed by atoms with Crippen molar-refractivity contribution < 1.29 is 14.6 Å². The van der Waals surface area contributed by atoms with E-state index in [1.54, 1.807) is 12.1 Å². The number of esters is 1. The number of carbonyl (C=O) groups is 1. The molecule has 4 aromatic rings. The largest absolute Gasteiger partial charge is 0.423 e. The van der Waals surface area contributed by atoms with E-state index >= 15 is 0 Å². The molecule has 4 aromatic carbocycles. The summed E-state index contributed by atoms with van der Waals surface area (Å²) in [6.07, 6.45) is 1.35. The van der Waals surface area contributed by atoms with Crippen LogP contribution in [0.5, 0.6) is 5.75 Å². The van der Waals surface area contributed by atoms with Gasteiger partial charge in [-0.15, -0.1) is 0 Å². The third-order valence-corrected chi connectivity index (χ3v) is 5.68. The van der Waals surface area contributed by atoms with Gasteiger partial charge in [-0.3, -0.25) is 0 Å². The van der Waals surface area contributed by atoms with E-state index < -0.39 is 0 Å². The molecule has 1 atom stereocenters. The van der Waals surface area contributed by atoms with Gasteiger partial charge < -0.3 is 9.84 Å². The molecule has 0 bridgehead atoms. The van der Waals surface area contributed by atoms with Gasteiger partial charge in [0.1, 0.15) is 5.75 Å². The highest BCUT2D eigenvalue weighted by molar-refractivity contribution is 6.11. The normalized spacial score (nSPS) is 15.7. The Morgan fingerprint density at radius 1 is 1.00 bits per heavy atom. The molecule has 0 radical (unpaired) electrons. The lowest BCUT2D eigenvalue weighted by atomic mass is 9.92. The molecule has 5 rings (SSSR count). The highest BCUT2D eigenvalue weighted by Gasteiger charge is 2.23. The quantitative estimate of drug-likeness (QED) is 0.289. The van der Waals surface area contributed by atoms with E-state index in [4.69, 9.17) is 4.74 Å². The summed E-state index contributed by atoms with van der Waals surface area (Å²) in [6, 6.07) is 21.1. The minimum Gasteiger partial charge on any atom is -0.423 e. The van der Waals surface area contributed by atoms with E-state index in [0.29, 0.717) is 11.3 Å². The number of aliphatic hydroxyl groups is 1. The zero-order chi connectivity index (χ0) is 19.3. The maximum absolute atomic E-state index is 12.3. The molecule has 1 unspecified atom stereocenters. The van der Waals surface area contributed by atoms with Crippen molar-refractivity contribution >= 4 is 27.5 Å². The smallest absolute Gasteiger partial charge is 0.343 e. The lowest BCUT2D eigenvalue weighted by Crippen LogP contribution is -2.07. The first-order valence-corrected chi connectivity index (χ1v) is 9.56. The number of fused-ring (bicyclic) bond motifs is 5. The van der Waals surface area contributed by atoms with Gasteiger partial charge >= 0.3 is 5.97 Å². The topological polar surface area (TPSA) is 46.5 Å². The van der Waals surface area contributed by atoms with Gasteiger partial charge in [0.15, 0.2) is 0 Å². The number of rotatable bonds is 2. The van der Waals surface area contributed by atoms with Gasteiger partial charge in [-0.25, -0.2) is 4.79 Å². The van der Waals surface area contributed by atoms with Crippen molar-refractivity contribution in [2.45, 2.75) is 25.9 Å². The Hall–Kier alpha value is -3.17. The van der Waals surface area contributed by atoms with Crippen LogP contribution in [0.1, 0.15) is 39.6 Å². The standard InChI is InChI=1S/C25H20O3/c1-15-13-22-20(11-12-23(22)26)21-9-7-17-14-18(8-10-19(17)24(15)21)28-25(27)16-5-3-2-4-6-16/h2-10,13-14,23,26H,11-12H2,1H3. The van der Waals surface area contributed by atoms with Crippen LogP contribution in [-0.4, -0.2) is 11.1 Å². The summed E-state index contributed by atoms with van der Waals surface area (Å²) in [5.41, 5.74) is 4.02. The molecule has 28 heavy (non-hydrogen) atoms. The Labute approximate surface area is 163 Å². The Kier molecular flexibility index (Phi) is 3.92. The average Bonchev–Trinajstić information content (AvgIpc) is 3.09. The van der Waals surface area contributed by atoms with E-state index in [0.717, 1.165) is 34.7 Å². The number of aryl methyl sites for hydroxylation is 2. The second-order valence-corrected chi connectivity index (χ2v) is 7.44. The van der Waals surface area contributed by atoms with Crippen LogP contribution < -0.4 is 4.74 Å². The molecule has 1 aliphatic rings. The van der Waals surface area contributed by atoms with Crippen LogP contribution >= 0.6 is 0 Å². The molecule has 3 heteroatoms. The van der Waals surface area contributed by atoms with Crippen molar-refractivity contribution in [2.75, 3.05) is 0 Å². The lowest BCUT2D eigenvalue weighted by molar-refractivity contribution is 0.0735. The fourth-order valence-electron chi connectivity index (χ4n) is 4.35. The number of benzene rings is 4. The second kappa shape index (κ2) is 6.47. The van der Waals surface area contributed by atoms with Crippen LogP contribution in [0, 0.1) is 6.92 Å². The third-order valence-electron chi connectivity index (χ3n) is 5.68. The van der Waals surface area contributed by atoms with Crippen LogP contribution in [0.4, 0.5) is 0 Å². The molecule has 3 nitrogen and oxygen atoms in total. The van der Waals surface area contributed by atoms with Gasteiger partial charge in [-0.2, -0.15) is 0 Å². The van der Waals surface area contributed by atoms with Crippen molar-refractivity contribution in [1.29, 1.82) is 0 Å². The summed E-state index contributed by atoms with van der Waals surface area (Å²) in [4.78, 5) is 12.3. The van der Waals surface area contributed by atoms with Crippen LogP contribution in [0.3, 0.4) is 0 Å². The molecule has 0 saturated heterocycles. The fraction of sp³-hybridized carbons (Fsp3) is 0.160. The van der Waals surface area contributed by atoms with Gasteiger partial charge in [0.2, 0.25) is 0 Å². The first-order chi connectivity index (χ1) is 13.6. The number of aliphatic hydroxyl groups excluding tert-OH is 1. The monoisotopic (exact) mass is 368 g/mol. The van der Waals surface area contributed by atoms with Crippen molar-refractivity contribution in [3.8, 4) is 5.75 Å². The summed E-state index contributed by atoms with van der Waals surface area (Å²) in [5, 5.41) is 14.8. The van der Waals surface area contributed by atoms with E-state index in [1.165, 1.54) is 16.3 Å². The minimum absolute atomic E-state index is 0.353. The van der Waals surface area contributed by atoms with Crippen LogP contribution in [0.2, 0.25) is 0 Å². The van der Waals surface area contributed by atoms with Crippen LogP contribution in [0.15, 0.2) is 66.7 Å². The van der Waals surface area contributed by atoms with Gasteiger partial charge in [-0.05, 0) is 82.3 Å². The van der Waals surface area contributed by atoms with Crippen molar-refractivity contribution in [2.24, 2.45) is 0 Å². The van der Waals surface area contributed by atoms with Gasteiger partial charge in [0.05, 0.1) is 11.7 Å². The number of ether oxygens (including phenoxy) is 1. The lowest BCUT2D eigenvalue weighted by Gasteiger charge is -2.14. The maximum Gasteiger partial charge on any atom is 0.343 e. The van der Waals surface area contributed by atoms with Crippen LogP contribution in [-0.2, 0) is 6.42 Å². The first kappa shape index (κ1) is 17.0. The molecule has 1 aliphatic carbocycles. The molecular weight excluding hydrogens is 348 g/mol. The molecular formula is C25H20O3. The maximum atomic E-state index is 12.3. The van der Waals surface area contributed by atoms with E-state index in [-0.39, 0.29) is 12.1 Å². The van der Waals surface area contributed by atoms with Crippen molar-refractivity contribution in [3.05, 3.63) is 89.0 Å². The predicted molar refractivity (Wildman–Crippen MR) is 111 cm³/mol. The average molecular weight is 368 g/mol. The highest BCUT2D eigenvalue weighted by Crippen LogP contribution is 2.40. The summed E-state index contributed by atoms with van der Waals surface area (Å²) in [6.45, 7) is 2.09. The summed E-state index contributed by atoms with van der Waals surface area (Å²) < 4.78 is 5.57. The van der Waals surface area contributed by atoms with Gasteiger partial charge in [0.25, 0.3) is 0 Å². The molecule has 0 fully saturated rings. The Morgan fingerprint density at radius 2 is 1.79 bits per heavy atom. The van der Waals surface area contributed by atoms with E-state index in [1.807, 2.05) is 36.4 Å². The molecule has 0 spiro atoms. The number of hydrogen-bond acceptors (Lipinski definition) is 3. The SMILES string of the molecule is Cc1cc2c(c3ccc4cc(OC(=O)c5ccccc5)ccc4c13)CCC2O. The molecule has 0 saturated carbocycles. The summed E-state index contributed by atoms with van der Waals surface area (Å²) >= 11 is 0. The first-order valence-electron chi connectivity index (χ1n) is 9.56. The van der Waals surface area contributed by atoms with E-state index in [2.05, 4.69) is 25.1 Å². The summed E-state index contributed by atoms with van der Waals surface area (Å²) in [5.74, 6) is 0.179. The van der Waals surface area contributed by atoms with Crippen molar-refractivity contribution in [3.63, 3.8) is 0 Å². The molecule has 0 amide bonds. The van der Waals surface area contributed by atoms with Crippen molar-refractivity contribution in [1.82, 2.24) is 0 Å². The van der Waals surface area contributed by atoms with Gasteiger partial charge in [-0.1, -0.05) is 42.5 Å². The molecule has 0 aliphatic heterocycles. The molecule has 138 valence electrons.